The van der Waals surface area contributed by atoms with Crippen molar-refractivity contribution in [2.45, 2.75) is 25.9 Å². The maximum Gasteiger partial charge on any atom is 0.119 e. The lowest BCUT2D eigenvalue weighted by Gasteiger charge is -2.26. The van der Waals surface area contributed by atoms with E-state index in [2.05, 4.69) is 23.3 Å². The van der Waals surface area contributed by atoms with Gasteiger partial charge < -0.3 is 15.2 Å². The number of thiophene rings is 1. The number of rotatable bonds is 3. The van der Waals surface area contributed by atoms with E-state index in [-0.39, 0.29) is 6.10 Å². The van der Waals surface area contributed by atoms with E-state index in [0.29, 0.717) is 5.92 Å². The summed E-state index contributed by atoms with van der Waals surface area (Å²) in [5.74, 6) is 1.19. The number of fused-ring (bicyclic) bond motifs is 3. The number of hydrogen-bond donors (Lipinski definition) is 2. The molecule has 0 amide bonds. The molecule has 0 spiro atoms. The Balaban J connectivity index is 1.82. The summed E-state index contributed by atoms with van der Waals surface area (Å²) in [6, 6.07) is 6.21. The Morgan fingerprint density at radius 2 is 2.04 bits per heavy atom. The van der Waals surface area contributed by atoms with Gasteiger partial charge in [0.1, 0.15) is 5.75 Å². The van der Waals surface area contributed by atoms with Gasteiger partial charge in [0.2, 0.25) is 0 Å². The van der Waals surface area contributed by atoms with Gasteiger partial charge in [-0.15, -0.1) is 11.3 Å². The van der Waals surface area contributed by atoms with Gasteiger partial charge >= 0.3 is 0 Å². The van der Waals surface area contributed by atoms with Gasteiger partial charge in [-0.05, 0) is 62.5 Å². The molecule has 1 aromatic carbocycles. The number of nitrogens with zero attached hydrogens (tertiary/aromatic N) is 1. The van der Waals surface area contributed by atoms with Crippen LogP contribution in [0.4, 0.5) is 0 Å². The molecule has 0 bridgehead atoms. The molecule has 0 saturated carbocycles. The molecule has 2 aromatic heterocycles. The Hall–Kier alpha value is -1.69. The second kappa shape index (κ2) is 6.31. The third kappa shape index (κ3) is 2.66. The molecule has 0 aliphatic carbocycles. The van der Waals surface area contributed by atoms with Gasteiger partial charge in [0.05, 0.1) is 23.4 Å². The van der Waals surface area contributed by atoms with Crippen molar-refractivity contribution in [3.05, 3.63) is 34.8 Å². The fraction of sp³-hybridized carbons (Fsp3) is 0.421. The summed E-state index contributed by atoms with van der Waals surface area (Å²) < 4.78 is 6.54. The number of benzene rings is 1. The van der Waals surface area contributed by atoms with Gasteiger partial charge in [-0.25, -0.2) is 0 Å². The van der Waals surface area contributed by atoms with Crippen LogP contribution >= 0.6 is 11.3 Å². The van der Waals surface area contributed by atoms with Crippen molar-refractivity contribution in [1.82, 2.24) is 10.3 Å². The summed E-state index contributed by atoms with van der Waals surface area (Å²) >= 11 is 1.66. The van der Waals surface area contributed by atoms with Gasteiger partial charge in [-0.3, -0.25) is 4.98 Å². The summed E-state index contributed by atoms with van der Waals surface area (Å²) in [6.45, 7) is 4.04. The van der Waals surface area contributed by atoms with Crippen molar-refractivity contribution in [3.63, 3.8) is 0 Å². The number of pyridine rings is 1. The second-order valence-corrected chi connectivity index (χ2v) is 7.67. The molecule has 1 unspecified atom stereocenters. The zero-order valence-electron chi connectivity index (χ0n) is 14.0. The monoisotopic (exact) mass is 342 g/mol. The summed E-state index contributed by atoms with van der Waals surface area (Å²) in [5, 5.41) is 16.4. The maximum atomic E-state index is 10.8. The molecule has 1 fully saturated rings. The molecule has 1 saturated heterocycles. The minimum Gasteiger partial charge on any atom is -0.497 e. The van der Waals surface area contributed by atoms with E-state index < -0.39 is 0 Å². The van der Waals surface area contributed by atoms with Gasteiger partial charge in [-0.1, -0.05) is 0 Å². The first-order chi connectivity index (χ1) is 11.7. The highest BCUT2D eigenvalue weighted by molar-refractivity contribution is 7.19. The highest BCUT2D eigenvalue weighted by Gasteiger charge is 2.25. The van der Waals surface area contributed by atoms with E-state index in [9.17, 15) is 5.11 Å². The first-order valence-electron chi connectivity index (χ1n) is 8.43. The number of aromatic nitrogens is 1. The zero-order chi connectivity index (χ0) is 16.7. The number of aliphatic hydroxyl groups excluding tert-OH is 1. The molecule has 3 heterocycles. The first-order valence-corrected chi connectivity index (χ1v) is 9.24. The second-order valence-electron chi connectivity index (χ2n) is 6.56. The van der Waals surface area contributed by atoms with E-state index in [1.807, 2.05) is 18.3 Å². The highest BCUT2D eigenvalue weighted by atomic mass is 32.1. The van der Waals surface area contributed by atoms with Crippen LogP contribution in [0.3, 0.4) is 0 Å². The molecule has 4 nitrogen and oxygen atoms in total. The highest BCUT2D eigenvalue weighted by Crippen LogP contribution is 2.39. The Morgan fingerprint density at radius 3 is 2.79 bits per heavy atom. The Kier molecular flexibility index (Phi) is 4.16. The van der Waals surface area contributed by atoms with Crippen LogP contribution in [0.25, 0.3) is 21.0 Å². The largest absolute Gasteiger partial charge is 0.497 e. The number of aliphatic hydroxyl groups is 1. The quantitative estimate of drug-likeness (QED) is 0.760. The average Bonchev–Trinajstić information content (AvgIpc) is 3.06. The van der Waals surface area contributed by atoms with E-state index in [1.54, 1.807) is 18.4 Å². The predicted molar refractivity (Wildman–Crippen MR) is 99.0 cm³/mol. The third-order valence-electron chi connectivity index (χ3n) is 5.01. The van der Waals surface area contributed by atoms with E-state index in [4.69, 9.17) is 4.74 Å². The number of piperidine rings is 1. The standard InChI is InChI=1S/C19H22N2O2S/c1-11-7-13(23-2)8-15-14-9-16(24-17(14)10-21-18(11)15)19(22)12-3-5-20-6-4-12/h7-10,12,19-20,22H,3-6H2,1-2H3. The lowest BCUT2D eigenvalue weighted by molar-refractivity contribution is 0.0921. The van der Waals surface area contributed by atoms with Gasteiger partial charge in [-0.2, -0.15) is 0 Å². The van der Waals surface area contributed by atoms with Crippen LogP contribution in [0.5, 0.6) is 5.75 Å². The fourth-order valence-corrected chi connectivity index (χ4v) is 4.76. The SMILES string of the molecule is COc1cc(C)c2ncc3sc(C(O)C4CCNCC4)cc3c2c1. The fourth-order valence-electron chi connectivity index (χ4n) is 3.63. The van der Waals surface area contributed by atoms with Crippen LogP contribution in [0.1, 0.15) is 29.4 Å². The van der Waals surface area contributed by atoms with Crippen LogP contribution in [-0.2, 0) is 0 Å². The Bertz CT molecular complexity index is 884. The van der Waals surface area contributed by atoms with E-state index in [0.717, 1.165) is 63.1 Å². The number of hydrogen-bond acceptors (Lipinski definition) is 5. The van der Waals surface area contributed by atoms with Crippen molar-refractivity contribution in [2.24, 2.45) is 5.92 Å². The van der Waals surface area contributed by atoms with E-state index >= 15 is 0 Å². The molecule has 2 N–H and O–H groups in total. The smallest absolute Gasteiger partial charge is 0.119 e. The van der Waals surface area contributed by atoms with Crippen molar-refractivity contribution < 1.29 is 9.84 Å². The summed E-state index contributed by atoms with van der Waals surface area (Å²) in [4.78, 5) is 5.68. The molecular formula is C19H22N2O2S. The Labute approximate surface area is 145 Å². The van der Waals surface area contributed by atoms with Crippen molar-refractivity contribution in [1.29, 1.82) is 0 Å². The van der Waals surface area contributed by atoms with Crippen LogP contribution in [0, 0.1) is 12.8 Å². The summed E-state index contributed by atoms with van der Waals surface area (Å²) in [6.07, 6.45) is 3.61. The number of ether oxygens (including phenoxy) is 1. The van der Waals surface area contributed by atoms with Crippen LogP contribution in [-0.4, -0.2) is 30.3 Å². The molecule has 0 radical (unpaired) electrons. The lowest BCUT2D eigenvalue weighted by atomic mass is 9.91. The van der Waals surface area contributed by atoms with Gasteiger partial charge in [0.25, 0.3) is 0 Å². The lowest BCUT2D eigenvalue weighted by Crippen LogP contribution is -2.30. The molecule has 5 heteroatoms. The van der Waals surface area contributed by atoms with Gasteiger partial charge in [0, 0.05) is 21.8 Å². The van der Waals surface area contributed by atoms with Crippen molar-refractivity contribution in [3.8, 4) is 5.75 Å². The molecule has 126 valence electrons. The molecular weight excluding hydrogens is 320 g/mol. The number of aryl methyl sites for hydroxylation is 1. The molecule has 3 aromatic rings. The topological polar surface area (TPSA) is 54.4 Å². The first kappa shape index (κ1) is 15.8. The molecule has 1 aliphatic rings. The average molecular weight is 342 g/mol. The number of nitrogens with one attached hydrogen (secondary N) is 1. The summed E-state index contributed by atoms with van der Waals surface area (Å²) in [5.41, 5.74) is 2.11. The van der Waals surface area contributed by atoms with E-state index in [1.165, 1.54) is 0 Å². The zero-order valence-corrected chi connectivity index (χ0v) is 14.8. The molecule has 1 atom stereocenters. The van der Waals surface area contributed by atoms with Crippen LogP contribution < -0.4 is 10.1 Å². The van der Waals surface area contributed by atoms with Crippen LogP contribution in [0.15, 0.2) is 24.4 Å². The third-order valence-corrected chi connectivity index (χ3v) is 6.15. The predicted octanol–water partition coefficient (Wildman–Crippen LogP) is 3.80. The molecule has 24 heavy (non-hydrogen) atoms. The Morgan fingerprint density at radius 1 is 1.25 bits per heavy atom. The maximum absolute atomic E-state index is 10.8. The molecule has 1 aliphatic heterocycles. The normalized spacial score (nSPS) is 17.5. The van der Waals surface area contributed by atoms with Crippen molar-refractivity contribution >= 4 is 32.3 Å². The van der Waals surface area contributed by atoms with Crippen molar-refractivity contribution in [2.75, 3.05) is 20.2 Å². The molecule has 4 rings (SSSR count). The minimum atomic E-state index is -0.383. The summed E-state index contributed by atoms with van der Waals surface area (Å²) in [7, 11) is 1.69. The van der Waals surface area contributed by atoms with Crippen LogP contribution in [0.2, 0.25) is 0 Å². The van der Waals surface area contributed by atoms with Gasteiger partial charge in [0.15, 0.2) is 0 Å². The number of methoxy groups -OCH3 is 1. The minimum absolute atomic E-state index is 0.342.